The lowest BCUT2D eigenvalue weighted by Gasteiger charge is -2.08. The van der Waals surface area contributed by atoms with Crippen LogP contribution < -0.4 is 5.32 Å². The lowest BCUT2D eigenvalue weighted by molar-refractivity contribution is 0.102. The van der Waals surface area contributed by atoms with Crippen molar-refractivity contribution < 1.29 is 4.79 Å². The first kappa shape index (κ1) is 12.9. The van der Waals surface area contributed by atoms with Gasteiger partial charge in [-0.2, -0.15) is 0 Å². The van der Waals surface area contributed by atoms with Gasteiger partial charge < -0.3 is 5.32 Å². The number of para-hydroxylation sites is 1. The largest absolute Gasteiger partial charge is 0.322 e. The second-order valence-corrected chi connectivity index (χ2v) is 4.55. The van der Waals surface area contributed by atoms with Gasteiger partial charge in [-0.3, -0.25) is 9.78 Å². The number of hydrogen-bond acceptors (Lipinski definition) is 2. The van der Waals surface area contributed by atoms with Crippen LogP contribution >= 0.6 is 0 Å². The van der Waals surface area contributed by atoms with Crippen LogP contribution in [0.3, 0.4) is 0 Å². The van der Waals surface area contributed by atoms with E-state index in [-0.39, 0.29) is 5.91 Å². The molecule has 100 valence electrons. The maximum absolute atomic E-state index is 12.4. The van der Waals surface area contributed by atoms with Gasteiger partial charge in [0, 0.05) is 22.8 Å². The summed E-state index contributed by atoms with van der Waals surface area (Å²) in [5.74, 6) is 2.37. The standard InChI is InChI=1S/C18H12N2O/c1-2-13-6-5-7-14(12-13)20-18(21)16-10-11-19-17-9-4-3-8-15(16)17/h1,3-12H,(H,20,21). The van der Waals surface area contributed by atoms with Crippen molar-refractivity contribution in [3.8, 4) is 12.3 Å². The quantitative estimate of drug-likeness (QED) is 0.726. The molecule has 0 fully saturated rings. The summed E-state index contributed by atoms with van der Waals surface area (Å²) in [5, 5.41) is 3.69. The minimum atomic E-state index is -0.178. The van der Waals surface area contributed by atoms with Crippen LogP contribution in [-0.4, -0.2) is 10.9 Å². The molecule has 0 spiro atoms. The van der Waals surface area contributed by atoms with Crippen molar-refractivity contribution in [3.05, 3.63) is 71.9 Å². The first-order chi connectivity index (χ1) is 10.3. The predicted octanol–water partition coefficient (Wildman–Crippen LogP) is 3.47. The van der Waals surface area contributed by atoms with Crippen LogP contribution in [0.2, 0.25) is 0 Å². The molecule has 1 aromatic heterocycles. The maximum atomic E-state index is 12.4. The Morgan fingerprint density at radius 1 is 1.10 bits per heavy atom. The number of rotatable bonds is 2. The molecule has 0 saturated carbocycles. The minimum absolute atomic E-state index is 0.178. The number of amides is 1. The molecule has 0 saturated heterocycles. The third kappa shape index (κ3) is 2.60. The zero-order valence-electron chi connectivity index (χ0n) is 11.2. The Balaban J connectivity index is 1.96. The van der Waals surface area contributed by atoms with Crippen LogP contribution in [0.25, 0.3) is 10.9 Å². The summed E-state index contributed by atoms with van der Waals surface area (Å²) in [5.41, 5.74) is 2.79. The van der Waals surface area contributed by atoms with E-state index in [9.17, 15) is 4.79 Å². The van der Waals surface area contributed by atoms with Gasteiger partial charge in [-0.15, -0.1) is 6.42 Å². The molecule has 1 heterocycles. The number of hydrogen-bond donors (Lipinski definition) is 1. The fourth-order valence-corrected chi connectivity index (χ4v) is 2.18. The Labute approximate surface area is 122 Å². The van der Waals surface area contributed by atoms with Gasteiger partial charge in [-0.05, 0) is 30.3 Å². The molecule has 2 aromatic carbocycles. The van der Waals surface area contributed by atoms with Gasteiger partial charge in [-0.1, -0.05) is 30.2 Å². The average Bonchev–Trinajstić information content (AvgIpc) is 2.54. The molecule has 3 heteroatoms. The van der Waals surface area contributed by atoms with E-state index >= 15 is 0 Å². The van der Waals surface area contributed by atoms with Crippen molar-refractivity contribution in [3.63, 3.8) is 0 Å². The van der Waals surface area contributed by atoms with Crippen LogP contribution in [0.15, 0.2) is 60.8 Å². The van der Waals surface area contributed by atoms with Gasteiger partial charge in [0.1, 0.15) is 0 Å². The van der Waals surface area contributed by atoms with Gasteiger partial charge >= 0.3 is 0 Å². The lowest BCUT2D eigenvalue weighted by Crippen LogP contribution is -2.12. The number of anilines is 1. The summed E-state index contributed by atoms with van der Waals surface area (Å²) in [4.78, 5) is 16.7. The predicted molar refractivity (Wildman–Crippen MR) is 84.1 cm³/mol. The van der Waals surface area contributed by atoms with Gasteiger partial charge in [0.2, 0.25) is 0 Å². The Hall–Kier alpha value is -3.12. The molecule has 0 atom stereocenters. The topological polar surface area (TPSA) is 42.0 Å². The van der Waals surface area contributed by atoms with Crippen LogP contribution in [0.5, 0.6) is 0 Å². The molecule has 21 heavy (non-hydrogen) atoms. The number of fused-ring (bicyclic) bond motifs is 1. The van der Waals surface area contributed by atoms with Crippen LogP contribution in [0.4, 0.5) is 5.69 Å². The van der Waals surface area contributed by atoms with Crippen LogP contribution in [0.1, 0.15) is 15.9 Å². The van der Waals surface area contributed by atoms with Crippen molar-refractivity contribution >= 4 is 22.5 Å². The Morgan fingerprint density at radius 3 is 2.81 bits per heavy atom. The van der Waals surface area contributed by atoms with E-state index in [4.69, 9.17) is 6.42 Å². The van der Waals surface area contributed by atoms with E-state index in [1.165, 1.54) is 0 Å². The smallest absolute Gasteiger partial charge is 0.256 e. The molecular formula is C18H12N2O. The molecule has 1 N–H and O–H groups in total. The molecule has 3 nitrogen and oxygen atoms in total. The van der Waals surface area contributed by atoms with E-state index in [2.05, 4.69) is 16.2 Å². The van der Waals surface area contributed by atoms with E-state index in [1.807, 2.05) is 42.5 Å². The molecule has 0 aliphatic carbocycles. The second-order valence-electron chi connectivity index (χ2n) is 4.55. The van der Waals surface area contributed by atoms with Crippen molar-refractivity contribution in [2.45, 2.75) is 0 Å². The van der Waals surface area contributed by atoms with Crippen molar-refractivity contribution in [2.75, 3.05) is 5.32 Å². The van der Waals surface area contributed by atoms with Crippen molar-refractivity contribution in [1.29, 1.82) is 0 Å². The third-order valence-corrected chi connectivity index (χ3v) is 3.18. The van der Waals surface area contributed by atoms with E-state index in [0.717, 1.165) is 16.5 Å². The number of nitrogens with zero attached hydrogens (tertiary/aromatic N) is 1. The molecule has 0 unspecified atom stereocenters. The normalized spacial score (nSPS) is 10.0. The highest BCUT2D eigenvalue weighted by Gasteiger charge is 2.10. The van der Waals surface area contributed by atoms with Gasteiger partial charge in [0.25, 0.3) is 5.91 Å². The summed E-state index contributed by atoms with van der Waals surface area (Å²) < 4.78 is 0. The first-order valence-electron chi connectivity index (χ1n) is 6.50. The molecule has 0 radical (unpaired) electrons. The molecule has 0 aliphatic rings. The summed E-state index contributed by atoms with van der Waals surface area (Å²) in [6, 6.07) is 16.5. The Morgan fingerprint density at radius 2 is 1.95 bits per heavy atom. The zero-order chi connectivity index (χ0) is 14.7. The summed E-state index contributed by atoms with van der Waals surface area (Å²) in [6.07, 6.45) is 7.00. The van der Waals surface area contributed by atoms with Crippen molar-refractivity contribution in [1.82, 2.24) is 4.98 Å². The summed E-state index contributed by atoms with van der Waals surface area (Å²) >= 11 is 0. The highest BCUT2D eigenvalue weighted by molar-refractivity contribution is 6.12. The molecule has 1 amide bonds. The molecule has 3 rings (SSSR count). The SMILES string of the molecule is C#Cc1cccc(NC(=O)c2ccnc3ccccc23)c1. The minimum Gasteiger partial charge on any atom is -0.322 e. The van der Waals surface area contributed by atoms with Crippen LogP contribution in [-0.2, 0) is 0 Å². The number of aromatic nitrogens is 1. The monoisotopic (exact) mass is 272 g/mol. The first-order valence-corrected chi connectivity index (χ1v) is 6.50. The van der Waals surface area contributed by atoms with E-state index in [1.54, 1.807) is 18.3 Å². The van der Waals surface area contributed by atoms with Crippen LogP contribution in [0, 0.1) is 12.3 Å². The zero-order valence-corrected chi connectivity index (χ0v) is 11.2. The number of pyridine rings is 1. The molecule has 0 bridgehead atoms. The van der Waals surface area contributed by atoms with Crippen molar-refractivity contribution in [2.24, 2.45) is 0 Å². The lowest BCUT2D eigenvalue weighted by atomic mass is 10.1. The molecule has 3 aromatic rings. The van der Waals surface area contributed by atoms with E-state index in [0.29, 0.717) is 11.3 Å². The van der Waals surface area contributed by atoms with Gasteiger partial charge in [0.15, 0.2) is 0 Å². The number of nitrogens with one attached hydrogen (secondary N) is 1. The number of benzene rings is 2. The number of terminal acetylenes is 1. The number of carbonyl (C=O) groups is 1. The maximum Gasteiger partial charge on any atom is 0.256 e. The van der Waals surface area contributed by atoms with Gasteiger partial charge in [-0.25, -0.2) is 0 Å². The Bertz CT molecular complexity index is 857. The number of carbonyl (C=O) groups excluding carboxylic acids is 1. The fourth-order valence-electron chi connectivity index (χ4n) is 2.18. The summed E-state index contributed by atoms with van der Waals surface area (Å²) in [7, 11) is 0. The third-order valence-electron chi connectivity index (χ3n) is 3.18. The average molecular weight is 272 g/mol. The summed E-state index contributed by atoms with van der Waals surface area (Å²) in [6.45, 7) is 0. The highest BCUT2D eigenvalue weighted by Crippen LogP contribution is 2.18. The molecule has 0 aliphatic heterocycles. The van der Waals surface area contributed by atoms with E-state index < -0.39 is 0 Å². The fraction of sp³-hybridized carbons (Fsp3) is 0. The highest BCUT2D eigenvalue weighted by atomic mass is 16.1. The second kappa shape index (κ2) is 5.48. The Kier molecular flexibility index (Phi) is 3.36. The van der Waals surface area contributed by atoms with Gasteiger partial charge in [0.05, 0.1) is 11.1 Å². The molecular weight excluding hydrogens is 260 g/mol.